The molecule has 0 aliphatic heterocycles. The molecule has 1 aromatic rings. The van der Waals surface area contributed by atoms with E-state index in [1.54, 1.807) is 12.1 Å². The predicted octanol–water partition coefficient (Wildman–Crippen LogP) is 3.45. The SMILES string of the molecule is CCCNC(CCCS(C)(=O)=O)c1c(F)cccc1Br. The van der Waals surface area contributed by atoms with Gasteiger partial charge in [0.15, 0.2) is 0 Å². The highest BCUT2D eigenvalue weighted by Gasteiger charge is 2.18. The van der Waals surface area contributed by atoms with Crippen LogP contribution in [0.25, 0.3) is 0 Å². The van der Waals surface area contributed by atoms with Crippen LogP contribution in [0.2, 0.25) is 0 Å². The van der Waals surface area contributed by atoms with Crippen LogP contribution in [0, 0.1) is 5.82 Å². The molecule has 0 saturated heterocycles. The van der Waals surface area contributed by atoms with E-state index in [0.29, 0.717) is 22.9 Å². The quantitative estimate of drug-likeness (QED) is 0.767. The minimum absolute atomic E-state index is 0.128. The average molecular weight is 366 g/mol. The van der Waals surface area contributed by atoms with E-state index >= 15 is 0 Å². The lowest BCUT2D eigenvalue weighted by Crippen LogP contribution is -2.24. The first kappa shape index (κ1) is 17.6. The molecule has 0 bridgehead atoms. The second-order valence-electron chi connectivity index (χ2n) is 4.91. The first-order chi connectivity index (χ1) is 9.35. The van der Waals surface area contributed by atoms with Crippen LogP contribution in [-0.2, 0) is 9.84 Å². The summed E-state index contributed by atoms with van der Waals surface area (Å²) in [5.74, 6) is -0.143. The maximum absolute atomic E-state index is 14.0. The Kier molecular flexibility index (Phi) is 7.12. The third-order valence-electron chi connectivity index (χ3n) is 3.00. The topological polar surface area (TPSA) is 46.2 Å². The van der Waals surface area contributed by atoms with E-state index in [-0.39, 0.29) is 17.6 Å². The van der Waals surface area contributed by atoms with Crippen LogP contribution in [-0.4, -0.2) is 27.0 Å². The van der Waals surface area contributed by atoms with Crippen molar-refractivity contribution in [2.75, 3.05) is 18.6 Å². The van der Waals surface area contributed by atoms with Gasteiger partial charge in [0.1, 0.15) is 15.7 Å². The van der Waals surface area contributed by atoms with Gasteiger partial charge in [-0.3, -0.25) is 0 Å². The van der Waals surface area contributed by atoms with E-state index in [1.165, 1.54) is 12.3 Å². The highest BCUT2D eigenvalue weighted by atomic mass is 79.9. The monoisotopic (exact) mass is 365 g/mol. The van der Waals surface area contributed by atoms with E-state index in [1.807, 2.05) is 6.92 Å². The summed E-state index contributed by atoms with van der Waals surface area (Å²) in [6, 6.07) is 4.70. The van der Waals surface area contributed by atoms with Gasteiger partial charge in [0, 0.05) is 28.1 Å². The zero-order valence-electron chi connectivity index (χ0n) is 11.8. The van der Waals surface area contributed by atoms with Crippen molar-refractivity contribution >= 4 is 25.8 Å². The molecular weight excluding hydrogens is 345 g/mol. The van der Waals surface area contributed by atoms with E-state index in [4.69, 9.17) is 0 Å². The minimum atomic E-state index is -2.98. The van der Waals surface area contributed by atoms with Crippen LogP contribution >= 0.6 is 15.9 Å². The molecular formula is C14H21BrFNO2S. The number of benzene rings is 1. The van der Waals surface area contributed by atoms with Gasteiger partial charge in [0.05, 0.1) is 0 Å². The van der Waals surface area contributed by atoms with Crippen molar-refractivity contribution in [2.45, 2.75) is 32.2 Å². The Balaban J connectivity index is 2.83. The van der Waals surface area contributed by atoms with Gasteiger partial charge in [0.2, 0.25) is 0 Å². The molecule has 0 radical (unpaired) electrons. The number of hydrogen-bond donors (Lipinski definition) is 1. The van der Waals surface area contributed by atoms with E-state index in [2.05, 4.69) is 21.2 Å². The molecule has 114 valence electrons. The van der Waals surface area contributed by atoms with Gasteiger partial charge in [-0.15, -0.1) is 0 Å². The van der Waals surface area contributed by atoms with Gasteiger partial charge in [0.25, 0.3) is 0 Å². The van der Waals surface area contributed by atoms with Crippen molar-refractivity contribution in [1.82, 2.24) is 5.32 Å². The molecule has 0 spiro atoms. The van der Waals surface area contributed by atoms with Crippen molar-refractivity contribution in [1.29, 1.82) is 0 Å². The van der Waals surface area contributed by atoms with Crippen LogP contribution in [0.4, 0.5) is 4.39 Å². The van der Waals surface area contributed by atoms with E-state index in [0.717, 1.165) is 13.0 Å². The lowest BCUT2D eigenvalue weighted by molar-refractivity contribution is 0.467. The first-order valence-electron chi connectivity index (χ1n) is 6.70. The number of nitrogens with one attached hydrogen (secondary N) is 1. The summed E-state index contributed by atoms with van der Waals surface area (Å²) in [7, 11) is -2.98. The van der Waals surface area contributed by atoms with Crippen molar-refractivity contribution in [3.8, 4) is 0 Å². The third kappa shape index (κ3) is 5.89. The molecule has 1 aromatic carbocycles. The van der Waals surface area contributed by atoms with Crippen LogP contribution in [0.1, 0.15) is 37.8 Å². The van der Waals surface area contributed by atoms with E-state index in [9.17, 15) is 12.8 Å². The van der Waals surface area contributed by atoms with Crippen LogP contribution in [0.5, 0.6) is 0 Å². The van der Waals surface area contributed by atoms with Gasteiger partial charge in [-0.25, -0.2) is 12.8 Å². The molecule has 1 N–H and O–H groups in total. The Morgan fingerprint density at radius 1 is 1.40 bits per heavy atom. The molecule has 0 aromatic heterocycles. The molecule has 0 aliphatic carbocycles. The lowest BCUT2D eigenvalue weighted by atomic mass is 10.0. The predicted molar refractivity (Wildman–Crippen MR) is 84.1 cm³/mol. The molecule has 0 saturated carbocycles. The maximum Gasteiger partial charge on any atom is 0.147 e. The molecule has 0 amide bonds. The standard InChI is InChI=1S/C14H21BrFNO2S/c1-3-9-17-13(8-5-10-20(2,18)19)14-11(15)6-4-7-12(14)16/h4,6-7,13,17H,3,5,8-10H2,1-2H3. The molecule has 3 nitrogen and oxygen atoms in total. The largest absolute Gasteiger partial charge is 0.310 e. The summed E-state index contributed by atoms with van der Waals surface area (Å²) >= 11 is 3.37. The summed E-state index contributed by atoms with van der Waals surface area (Å²) in [6.07, 6.45) is 3.27. The van der Waals surface area contributed by atoms with Gasteiger partial charge in [-0.05, 0) is 37.9 Å². The summed E-state index contributed by atoms with van der Waals surface area (Å²) < 4.78 is 37.1. The number of sulfone groups is 1. The van der Waals surface area contributed by atoms with Gasteiger partial charge in [-0.2, -0.15) is 0 Å². The molecule has 20 heavy (non-hydrogen) atoms. The molecule has 6 heteroatoms. The molecule has 1 atom stereocenters. The molecule has 0 fully saturated rings. The summed E-state index contributed by atoms with van der Waals surface area (Å²) in [6.45, 7) is 2.81. The van der Waals surface area contributed by atoms with Crippen LogP contribution in [0.15, 0.2) is 22.7 Å². The molecule has 1 unspecified atom stereocenters. The van der Waals surface area contributed by atoms with Crippen molar-refractivity contribution in [2.24, 2.45) is 0 Å². The van der Waals surface area contributed by atoms with Crippen molar-refractivity contribution in [3.63, 3.8) is 0 Å². The Morgan fingerprint density at radius 2 is 2.10 bits per heavy atom. The van der Waals surface area contributed by atoms with Gasteiger partial charge >= 0.3 is 0 Å². The summed E-state index contributed by atoms with van der Waals surface area (Å²) in [5, 5.41) is 3.29. The smallest absolute Gasteiger partial charge is 0.147 e. The minimum Gasteiger partial charge on any atom is -0.310 e. The Labute approximate surface area is 129 Å². The zero-order valence-corrected chi connectivity index (χ0v) is 14.2. The normalized spacial score (nSPS) is 13.4. The number of rotatable bonds is 8. The van der Waals surface area contributed by atoms with Gasteiger partial charge < -0.3 is 5.32 Å². The summed E-state index contributed by atoms with van der Waals surface area (Å²) in [5.41, 5.74) is 0.578. The highest BCUT2D eigenvalue weighted by Crippen LogP contribution is 2.29. The third-order valence-corrected chi connectivity index (χ3v) is 4.72. The molecule has 1 rings (SSSR count). The summed E-state index contributed by atoms with van der Waals surface area (Å²) in [4.78, 5) is 0. The Hall–Kier alpha value is -0.460. The van der Waals surface area contributed by atoms with E-state index < -0.39 is 9.84 Å². The van der Waals surface area contributed by atoms with Gasteiger partial charge in [-0.1, -0.05) is 28.9 Å². The fourth-order valence-corrected chi connectivity index (χ4v) is 3.37. The van der Waals surface area contributed by atoms with Crippen molar-refractivity contribution in [3.05, 3.63) is 34.1 Å². The van der Waals surface area contributed by atoms with Crippen LogP contribution in [0.3, 0.4) is 0 Å². The average Bonchev–Trinajstić information content (AvgIpc) is 2.33. The molecule has 0 aliphatic rings. The fraction of sp³-hybridized carbons (Fsp3) is 0.571. The number of hydrogen-bond acceptors (Lipinski definition) is 3. The maximum atomic E-state index is 14.0. The fourth-order valence-electron chi connectivity index (χ4n) is 2.06. The Morgan fingerprint density at radius 3 is 2.65 bits per heavy atom. The number of halogens is 2. The second-order valence-corrected chi connectivity index (χ2v) is 8.03. The zero-order chi connectivity index (χ0) is 15.2. The lowest BCUT2D eigenvalue weighted by Gasteiger charge is -2.20. The van der Waals surface area contributed by atoms with Crippen LogP contribution < -0.4 is 5.32 Å². The first-order valence-corrected chi connectivity index (χ1v) is 9.55. The molecule has 0 heterocycles. The highest BCUT2D eigenvalue weighted by molar-refractivity contribution is 9.10. The Bertz CT molecular complexity index is 514. The second kappa shape index (κ2) is 8.10. The van der Waals surface area contributed by atoms with Crippen molar-refractivity contribution < 1.29 is 12.8 Å².